The van der Waals surface area contributed by atoms with Gasteiger partial charge in [-0.15, -0.1) is 0 Å². The van der Waals surface area contributed by atoms with Crippen LogP contribution in [0.4, 0.5) is 5.69 Å². The summed E-state index contributed by atoms with van der Waals surface area (Å²) in [7, 11) is -3.87. The number of piperazine rings is 1. The molecule has 1 saturated heterocycles. The molecule has 0 aliphatic carbocycles. The molecule has 0 bridgehead atoms. The Balaban J connectivity index is 2.60. The number of hydrogen-bond acceptors (Lipinski definition) is 4. The Hall–Kier alpha value is -1.31. The van der Waals surface area contributed by atoms with E-state index in [0.29, 0.717) is 11.3 Å². The van der Waals surface area contributed by atoms with Crippen molar-refractivity contribution in [3.8, 4) is 0 Å². The second kappa shape index (κ2) is 5.15. The molecule has 21 heavy (non-hydrogen) atoms. The van der Waals surface area contributed by atoms with Crippen molar-refractivity contribution < 1.29 is 13.2 Å². The van der Waals surface area contributed by atoms with Gasteiger partial charge in [-0.25, -0.2) is 8.42 Å². The standard InChI is InChI=1S/C13H18ClN3O3S/c1-8-10(15)6-9(14)7-11(8)21(19,20)17-5-4-16-12(18)13(17,2)3/h6-7H,4-5,15H2,1-3H3,(H,16,18). The summed E-state index contributed by atoms with van der Waals surface area (Å²) >= 11 is 5.92. The van der Waals surface area contributed by atoms with Crippen molar-refractivity contribution in [1.82, 2.24) is 9.62 Å². The minimum absolute atomic E-state index is 0.0373. The molecule has 0 saturated carbocycles. The number of nitrogens with zero attached hydrogens (tertiary/aromatic N) is 1. The molecule has 1 aromatic carbocycles. The summed E-state index contributed by atoms with van der Waals surface area (Å²) in [5, 5.41) is 2.91. The van der Waals surface area contributed by atoms with Crippen LogP contribution in [-0.4, -0.2) is 37.3 Å². The molecule has 1 aliphatic heterocycles. The molecule has 1 amide bonds. The SMILES string of the molecule is Cc1c(N)cc(Cl)cc1S(=O)(=O)N1CCNC(=O)C1(C)C. The van der Waals surface area contributed by atoms with Crippen molar-refractivity contribution in [3.05, 3.63) is 22.7 Å². The van der Waals surface area contributed by atoms with Crippen LogP contribution in [0.5, 0.6) is 0 Å². The molecule has 2 rings (SSSR count). The highest BCUT2D eigenvalue weighted by molar-refractivity contribution is 7.89. The molecule has 0 atom stereocenters. The van der Waals surface area contributed by atoms with Crippen molar-refractivity contribution in [1.29, 1.82) is 0 Å². The molecule has 6 nitrogen and oxygen atoms in total. The van der Waals surface area contributed by atoms with Gasteiger partial charge in [0.2, 0.25) is 15.9 Å². The molecule has 0 unspecified atom stereocenters. The van der Waals surface area contributed by atoms with Crippen LogP contribution in [0, 0.1) is 6.92 Å². The zero-order valence-electron chi connectivity index (χ0n) is 12.1. The average molecular weight is 332 g/mol. The van der Waals surface area contributed by atoms with E-state index in [-0.39, 0.29) is 28.9 Å². The van der Waals surface area contributed by atoms with Crippen molar-refractivity contribution >= 4 is 33.2 Å². The lowest BCUT2D eigenvalue weighted by atomic mass is 10.0. The Morgan fingerprint density at radius 3 is 2.62 bits per heavy atom. The second-order valence-corrected chi connectivity index (χ2v) is 7.78. The number of nitrogens with two attached hydrogens (primary N) is 1. The second-order valence-electron chi connectivity index (χ2n) is 5.51. The topological polar surface area (TPSA) is 92.5 Å². The fourth-order valence-corrected chi connectivity index (χ4v) is 4.69. The van der Waals surface area contributed by atoms with E-state index < -0.39 is 15.6 Å². The van der Waals surface area contributed by atoms with Gasteiger partial charge in [0.25, 0.3) is 0 Å². The molecule has 3 N–H and O–H groups in total. The van der Waals surface area contributed by atoms with Gasteiger partial charge in [-0.2, -0.15) is 4.31 Å². The summed E-state index contributed by atoms with van der Waals surface area (Å²) in [6, 6.07) is 2.87. The Morgan fingerprint density at radius 1 is 1.38 bits per heavy atom. The summed E-state index contributed by atoms with van der Waals surface area (Å²) in [6.45, 7) is 5.24. The first-order valence-corrected chi connectivity index (χ1v) is 8.27. The van der Waals surface area contributed by atoms with Crippen LogP contribution in [0.15, 0.2) is 17.0 Å². The van der Waals surface area contributed by atoms with E-state index in [1.165, 1.54) is 16.4 Å². The monoisotopic (exact) mass is 331 g/mol. The molecule has 116 valence electrons. The van der Waals surface area contributed by atoms with Crippen molar-refractivity contribution in [3.63, 3.8) is 0 Å². The summed E-state index contributed by atoms with van der Waals surface area (Å²) in [4.78, 5) is 12.0. The number of rotatable bonds is 2. The predicted molar refractivity (Wildman–Crippen MR) is 81.6 cm³/mol. The van der Waals surface area contributed by atoms with E-state index in [0.717, 1.165) is 0 Å². The number of anilines is 1. The van der Waals surface area contributed by atoms with E-state index in [9.17, 15) is 13.2 Å². The highest BCUT2D eigenvalue weighted by atomic mass is 35.5. The highest BCUT2D eigenvalue weighted by Gasteiger charge is 2.45. The lowest BCUT2D eigenvalue weighted by molar-refractivity contribution is -0.131. The number of carbonyl (C=O) groups excluding carboxylic acids is 1. The minimum atomic E-state index is -3.87. The molecule has 0 aromatic heterocycles. The van der Waals surface area contributed by atoms with Crippen molar-refractivity contribution in [2.45, 2.75) is 31.2 Å². The number of nitrogen functional groups attached to an aromatic ring is 1. The molecular formula is C13H18ClN3O3S. The van der Waals surface area contributed by atoms with Crippen LogP contribution in [0.2, 0.25) is 5.02 Å². The maximum Gasteiger partial charge on any atom is 0.244 e. The first kappa shape index (κ1) is 16.1. The van der Waals surface area contributed by atoms with Crippen molar-refractivity contribution in [2.24, 2.45) is 0 Å². The molecule has 1 aliphatic rings. The van der Waals surface area contributed by atoms with Gasteiger partial charge in [-0.1, -0.05) is 11.6 Å². The first-order valence-electron chi connectivity index (χ1n) is 6.45. The van der Waals surface area contributed by atoms with Gasteiger partial charge in [0.05, 0.1) is 4.90 Å². The fourth-order valence-electron chi connectivity index (χ4n) is 2.36. The third-order valence-electron chi connectivity index (χ3n) is 3.71. The maximum atomic E-state index is 12.9. The van der Waals surface area contributed by atoms with Crippen LogP contribution in [0.25, 0.3) is 0 Å². The van der Waals surface area contributed by atoms with E-state index in [2.05, 4.69) is 5.32 Å². The number of nitrogens with one attached hydrogen (secondary N) is 1. The number of carbonyl (C=O) groups is 1. The molecule has 0 radical (unpaired) electrons. The average Bonchev–Trinajstić information content (AvgIpc) is 2.36. The molecule has 1 heterocycles. The Morgan fingerprint density at radius 2 is 2.00 bits per heavy atom. The largest absolute Gasteiger partial charge is 0.398 e. The number of hydrogen-bond donors (Lipinski definition) is 2. The van der Waals surface area contributed by atoms with Crippen LogP contribution in [-0.2, 0) is 14.8 Å². The molecular weight excluding hydrogens is 314 g/mol. The third kappa shape index (κ3) is 2.61. The van der Waals surface area contributed by atoms with E-state index in [1.807, 2.05) is 0 Å². The van der Waals surface area contributed by atoms with Crippen LogP contribution in [0.1, 0.15) is 19.4 Å². The summed E-state index contributed by atoms with van der Waals surface area (Å²) < 4.78 is 27.0. The van der Waals surface area contributed by atoms with Crippen LogP contribution in [0.3, 0.4) is 0 Å². The van der Waals surface area contributed by atoms with Gasteiger partial charge < -0.3 is 11.1 Å². The minimum Gasteiger partial charge on any atom is -0.398 e. The van der Waals surface area contributed by atoms with E-state index in [4.69, 9.17) is 17.3 Å². The number of sulfonamides is 1. The summed E-state index contributed by atoms with van der Waals surface area (Å²) in [5.74, 6) is -0.329. The molecule has 1 fully saturated rings. The van der Waals surface area contributed by atoms with Crippen molar-refractivity contribution in [2.75, 3.05) is 18.8 Å². The van der Waals surface area contributed by atoms with Gasteiger partial charge >= 0.3 is 0 Å². The summed E-state index contributed by atoms with van der Waals surface area (Å²) in [6.07, 6.45) is 0. The maximum absolute atomic E-state index is 12.9. The molecule has 8 heteroatoms. The fraction of sp³-hybridized carbons (Fsp3) is 0.462. The van der Waals surface area contributed by atoms with Crippen LogP contribution >= 0.6 is 11.6 Å². The van der Waals surface area contributed by atoms with E-state index in [1.54, 1.807) is 20.8 Å². The van der Waals surface area contributed by atoms with Gasteiger partial charge in [-0.3, -0.25) is 4.79 Å². The smallest absolute Gasteiger partial charge is 0.244 e. The van der Waals surface area contributed by atoms with Gasteiger partial charge in [0, 0.05) is 23.8 Å². The Bertz CT molecular complexity index is 701. The normalized spacial score (nSPS) is 19.3. The zero-order chi connectivity index (χ0) is 16.0. The zero-order valence-corrected chi connectivity index (χ0v) is 13.7. The predicted octanol–water partition coefficient (Wildman–Crippen LogP) is 1.13. The van der Waals surface area contributed by atoms with Gasteiger partial charge in [0.15, 0.2) is 0 Å². The highest BCUT2D eigenvalue weighted by Crippen LogP contribution is 2.32. The Labute approximate surface area is 129 Å². The number of halogens is 1. The first-order chi connectivity index (χ1) is 9.58. The quantitative estimate of drug-likeness (QED) is 0.794. The third-order valence-corrected chi connectivity index (χ3v) is 6.13. The number of benzene rings is 1. The van der Waals surface area contributed by atoms with Crippen LogP contribution < -0.4 is 11.1 Å². The Kier molecular flexibility index (Phi) is 3.94. The number of amides is 1. The summed E-state index contributed by atoms with van der Waals surface area (Å²) in [5.41, 5.74) is 5.37. The van der Waals surface area contributed by atoms with Gasteiger partial charge in [0.1, 0.15) is 5.54 Å². The lowest BCUT2D eigenvalue weighted by Gasteiger charge is -2.40. The van der Waals surface area contributed by atoms with E-state index >= 15 is 0 Å². The van der Waals surface area contributed by atoms with Gasteiger partial charge in [-0.05, 0) is 38.5 Å². The molecule has 1 aromatic rings. The lowest BCUT2D eigenvalue weighted by Crippen LogP contribution is -2.63. The molecule has 0 spiro atoms.